The second-order valence-electron chi connectivity index (χ2n) is 7.18. The molecule has 0 aliphatic carbocycles. The number of pyridine rings is 1. The molecule has 1 N–H and O–H groups in total. The van der Waals surface area contributed by atoms with E-state index in [2.05, 4.69) is 20.9 Å². The zero-order valence-electron chi connectivity index (χ0n) is 17.0. The largest absolute Gasteiger partial charge is 0.507 e. The molecule has 0 radical (unpaired) electrons. The number of aliphatic hydroxyl groups excluding tert-OH is 1. The van der Waals surface area contributed by atoms with E-state index in [1.807, 2.05) is 0 Å². The molecule has 32 heavy (non-hydrogen) atoms. The first kappa shape index (κ1) is 22.0. The van der Waals surface area contributed by atoms with Gasteiger partial charge in [-0.05, 0) is 69.5 Å². The summed E-state index contributed by atoms with van der Waals surface area (Å²) in [7, 11) is 1.53. The molecule has 1 amide bonds. The van der Waals surface area contributed by atoms with Crippen LogP contribution in [0.3, 0.4) is 0 Å². The summed E-state index contributed by atoms with van der Waals surface area (Å²) in [6.07, 6.45) is 3.25. The van der Waals surface area contributed by atoms with Gasteiger partial charge in [0.05, 0.1) is 23.2 Å². The number of nitrogens with zero attached hydrogens (tertiary/aromatic N) is 2. The number of methoxy groups -OCH3 is 1. The standard InChI is InChI=1S/C24H18BrClN2O4/c1-32-19-7-4-16(12-18(19)25)22(29)20-21(15-2-5-17(26)6-3-15)28(24(31)23(20)30)13-14-8-10-27-11-9-14/h2-12,21,29H,13H2,1H3/b22-20-. The van der Waals surface area contributed by atoms with Gasteiger partial charge in [0, 0.05) is 29.5 Å². The van der Waals surface area contributed by atoms with E-state index in [0.29, 0.717) is 26.4 Å². The van der Waals surface area contributed by atoms with Crippen LogP contribution >= 0.6 is 27.5 Å². The number of carbonyl (C=O) groups excluding carboxylic acids is 2. The van der Waals surface area contributed by atoms with Crippen LogP contribution in [0.1, 0.15) is 22.7 Å². The molecule has 1 aliphatic rings. The molecule has 2 aromatic carbocycles. The minimum atomic E-state index is -0.777. The number of ketones is 1. The Bertz CT molecular complexity index is 1210. The Morgan fingerprint density at radius 1 is 1.12 bits per heavy atom. The summed E-state index contributed by atoms with van der Waals surface area (Å²) < 4.78 is 5.85. The number of rotatable bonds is 5. The van der Waals surface area contributed by atoms with Gasteiger partial charge in [-0.2, -0.15) is 0 Å². The van der Waals surface area contributed by atoms with Gasteiger partial charge < -0.3 is 14.7 Å². The third kappa shape index (κ3) is 4.13. The van der Waals surface area contributed by atoms with E-state index in [4.69, 9.17) is 16.3 Å². The minimum absolute atomic E-state index is 0.0171. The molecule has 1 atom stereocenters. The lowest BCUT2D eigenvalue weighted by atomic mass is 9.95. The van der Waals surface area contributed by atoms with Gasteiger partial charge in [-0.3, -0.25) is 14.6 Å². The van der Waals surface area contributed by atoms with Crippen molar-refractivity contribution in [1.29, 1.82) is 0 Å². The van der Waals surface area contributed by atoms with E-state index in [-0.39, 0.29) is 17.9 Å². The molecule has 8 heteroatoms. The van der Waals surface area contributed by atoms with Crippen molar-refractivity contribution in [3.8, 4) is 5.75 Å². The molecule has 0 bridgehead atoms. The van der Waals surface area contributed by atoms with Gasteiger partial charge in [-0.25, -0.2) is 0 Å². The fourth-order valence-corrected chi connectivity index (χ4v) is 4.36. The quantitative estimate of drug-likeness (QED) is 0.291. The highest BCUT2D eigenvalue weighted by molar-refractivity contribution is 9.10. The van der Waals surface area contributed by atoms with Crippen LogP contribution in [-0.2, 0) is 16.1 Å². The van der Waals surface area contributed by atoms with Gasteiger partial charge in [0.1, 0.15) is 11.5 Å². The van der Waals surface area contributed by atoms with E-state index in [1.165, 1.54) is 12.0 Å². The van der Waals surface area contributed by atoms with E-state index in [1.54, 1.807) is 67.0 Å². The minimum Gasteiger partial charge on any atom is -0.507 e. The Kier molecular flexibility index (Phi) is 6.30. The number of likely N-dealkylation sites (tertiary alicyclic amines) is 1. The van der Waals surface area contributed by atoms with Crippen LogP contribution in [0.4, 0.5) is 0 Å². The second kappa shape index (κ2) is 9.14. The summed E-state index contributed by atoms with van der Waals surface area (Å²) in [5.74, 6) is -1.11. The summed E-state index contributed by atoms with van der Waals surface area (Å²) in [6, 6.07) is 14.6. The maximum Gasteiger partial charge on any atom is 0.295 e. The highest BCUT2D eigenvalue weighted by Crippen LogP contribution is 2.41. The molecule has 0 spiro atoms. The Morgan fingerprint density at radius 3 is 2.44 bits per heavy atom. The molecule has 2 heterocycles. The van der Waals surface area contributed by atoms with Crippen LogP contribution < -0.4 is 4.74 Å². The maximum atomic E-state index is 13.1. The summed E-state index contributed by atoms with van der Waals surface area (Å²) in [5, 5.41) is 11.7. The Labute approximate surface area is 198 Å². The van der Waals surface area contributed by atoms with Crippen LogP contribution in [0.5, 0.6) is 5.75 Å². The summed E-state index contributed by atoms with van der Waals surface area (Å²) >= 11 is 9.44. The molecular formula is C24H18BrClN2O4. The average molecular weight is 514 g/mol. The number of amides is 1. The average Bonchev–Trinajstić information content (AvgIpc) is 3.04. The van der Waals surface area contributed by atoms with Crippen molar-refractivity contribution in [3.05, 3.63) is 98.7 Å². The molecule has 0 saturated carbocycles. The van der Waals surface area contributed by atoms with Crippen LogP contribution in [0, 0.1) is 0 Å². The molecular weight excluding hydrogens is 496 g/mol. The number of carbonyl (C=O) groups is 2. The van der Waals surface area contributed by atoms with Crippen LogP contribution in [0.2, 0.25) is 5.02 Å². The molecule has 1 aliphatic heterocycles. The highest BCUT2D eigenvalue weighted by atomic mass is 79.9. The van der Waals surface area contributed by atoms with Crippen molar-refractivity contribution in [2.24, 2.45) is 0 Å². The van der Waals surface area contributed by atoms with E-state index < -0.39 is 17.7 Å². The zero-order valence-corrected chi connectivity index (χ0v) is 19.3. The van der Waals surface area contributed by atoms with Crippen molar-refractivity contribution in [1.82, 2.24) is 9.88 Å². The van der Waals surface area contributed by atoms with Crippen molar-refractivity contribution < 1.29 is 19.4 Å². The normalized spacial score (nSPS) is 17.6. The maximum absolute atomic E-state index is 13.1. The topological polar surface area (TPSA) is 79.7 Å². The molecule has 1 fully saturated rings. The number of benzene rings is 2. The van der Waals surface area contributed by atoms with Crippen molar-refractivity contribution in [3.63, 3.8) is 0 Å². The number of hydrogen-bond acceptors (Lipinski definition) is 5. The fraction of sp³-hybridized carbons (Fsp3) is 0.125. The number of aliphatic hydroxyl groups is 1. The first-order chi connectivity index (χ1) is 15.4. The molecule has 1 saturated heterocycles. The third-order valence-corrected chi connectivity index (χ3v) is 6.12. The molecule has 6 nitrogen and oxygen atoms in total. The highest BCUT2D eigenvalue weighted by Gasteiger charge is 2.46. The first-order valence-electron chi connectivity index (χ1n) is 9.67. The van der Waals surface area contributed by atoms with Crippen LogP contribution in [0.25, 0.3) is 5.76 Å². The predicted octanol–water partition coefficient (Wildman–Crippen LogP) is 5.13. The van der Waals surface area contributed by atoms with E-state index in [0.717, 1.165) is 5.56 Å². The number of ether oxygens (including phenoxy) is 1. The summed E-state index contributed by atoms with van der Waals surface area (Å²) in [6.45, 7) is 0.184. The van der Waals surface area contributed by atoms with Gasteiger partial charge in [-0.1, -0.05) is 23.7 Å². The number of aromatic nitrogens is 1. The van der Waals surface area contributed by atoms with Gasteiger partial charge in [0.15, 0.2) is 0 Å². The Balaban J connectivity index is 1.86. The molecule has 4 rings (SSSR count). The van der Waals surface area contributed by atoms with Crippen molar-refractivity contribution in [2.75, 3.05) is 7.11 Å². The van der Waals surface area contributed by atoms with Crippen LogP contribution in [-0.4, -0.2) is 33.8 Å². The lowest BCUT2D eigenvalue weighted by Gasteiger charge is -2.25. The Morgan fingerprint density at radius 2 is 1.81 bits per heavy atom. The van der Waals surface area contributed by atoms with Gasteiger partial charge in [0.25, 0.3) is 11.7 Å². The smallest absolute Gasteiger partial charge is 0.295 e. The third-order valence-electron chi connectivity index (χ3n) is 5.25. The van der Waals surface area contributed by atoms with E-state index in [9.17, 15) is 14.7 Å². The van der Waals surface area contributed by atoms with Gasteiger partial charge in [0.2, 0.25) is 0 Å². The molecule has 1 aromatic heterocycles. The molecule has 3 aromatic rings. The SMILES string of the molecule is COc1ccc(/C(O)=C2/C(=O)C(=O)N(Cc3ccncc3)C2c2ccc(Cl)cc2)cc1Br. The van der Waals surface area contributed by atoms with Crippen molar-refractivity contribution in [2.45, 2.75) is 12.6 Å². The Hall–Kier alpha value is -3.16. The fourth-order valence-electron chi connectivity index (χ4n) is 3.69. The van der Waals surface area contributed by atoms with E-state index >= 15 is 0 Å². The number of halogens is 2. The summed E-state index contributed by atoms with van der Waals surface area (Å²) in [4.78, 5) is 31.6. The lowest BCUT2D eigenvalue weighted by Crippen LogP contribution is -2.29. The monoisotopic (exact) mass is 512 g/mol. The summed E-state index contributed by atoms with van der Waals surface area (Å²) in [5.41, 5.74) is 1.88. The zero-order chi connectivity index (χ0) is 22.8. The molecule has 162 valence electrons. The second-order valence-corrected chi connectivity index (χ2v) is 8.47. The predicted molar refractivity (Wildman–Crippen MR) is 124 cm³/mol. The number of Topliss-reactive ketones (excluding diaryl/α,β-unsaturated/α-hetero) is 1. The van der Waals surface area contributed by atoms with Gasteiger partial charge >= 0.3 is 0 Å². The van der Waals surface area contributed by atoms with Crippen LogP contribution in [0.15, 0.2) is 77.0 Å². The number of hydrogen-bond donors (Lipinski definition) is 1. The lowest BCUT2D eigenvalue weighted by molar-refractivity contribution is -0.140. The van der Waals surface area contributed by atoms with Crippen molar-refractivity contribution >= 4 is 45.0 Å². The van der Waals surface area contributed by atoms with Gasteiger partial charge in [-0.15, -0.1) is 0 Å². The first-order valence-corrected chi connectivity index (χ1v) is 10.8. The molecule has 1 unspecified atom stereocenters.